The van der Waals surface area contributed by atoms with E-state index in [2.05, 4.69) is 32.3 Å². The van der Waals surface area contributed by atoms with Crippen molar-refractivity contribution in [3.8, 4) is 0 Å². The van der Waals surface area contributed by atoms with Gasteiger partial charge in [0.25, 0.3) is 5.91 Å². The molecule has 0 saturated heterocycles. The van der Waals surface area contributed by atoms with E-state index < -0.39 is 0 Å². The minimum absolute atomic E-state index is 0.00509. The van der Waals surface area contributed by atoms with E-state index in [1.54, 1.807) is 40.5 Å². The molecule has 2 aromatic heterocycles. The Morgan fingerprint density at radius 3 is 2.55 bits per heavy atom. The molecule has 0 saturated carbocycles. The lowest BCUT2D eigenvalue weighted by Crippen LogP contribution is -2.30. The molecule has 0 radical (unpaired) electrons. The summed E-state index contributed by atoms with van der Waals surface area (Å²) in [6.45, 7) is 6.05. The summed E-state index contributed by atoms with van der Waals surface area (Å²) in [5.41, 5.74) is 1.28. The summed E-state index contributed by atoms with van der Waals surface area (Å²) in [5.74, 6) is 0.106. The van der Waals surface area contributed by atoms with E-state index >= 15 is 0 Å². The van der Waals surface area contributed by atoms with Crippen LogP contribution >= 0.6 is 34.4 Å². The van der Waals surface area contributed by atoms with E-state index in [0.717, 1.165) is 22.4 Å². The molecular weight excluding hydrogens is 450 g/mol. The molecule has 7 nitrogen and oxygen atoms in total. The first-order chi connectivity index (χ1) is 15.1. The molecule has 3 aromatic rings. The number of thiophene rings is 1. The number of amides is 2. The monoisotopic (exact) mass is 475 g/mol. The number of nitrogens with one attached hydrogen (secondary N) is 2. The Morgan fingerprint density at radius 1 is 1.10 bits per heavy atom. The van der Waals surface area contributed by atoms with Crippen molar-refractivity contribution in [3.63, 3.8) is 0 Å². The van der Waals surface area contributed by atoms with E-state index in [-0.39, 0.29) is 17.6 Å². The van der Waals surface area contributed by atoms with Crippen molar-refractivity contribution >= 4 is 57.1 Å². The zero-order chi connectivity index (χ0) is 22.1. The van der Waals surface area contributed by atoms with Gasteiger partial charge in [-0.1, -0.05) is 29.2 Å². The van der Waals surface area contributed by atoms with Crippen molar-refractivity contribution < 1.29 is 9.59 Å². The van der Waals surface area contributed by atoms with Crippen LogP contribution in [-0.2, 0) is 11.2 Å². The van der Waals surface area contributed by atoms with Gasteiger partial charge in [-0.25, -0.2) is 0 Å². The number of benzene rings is 1. The van der Waals surface area contributed by atoms with Crippen LogP contribution in [0.1, 0.15) is 29.1 Å². The van der Waals surface area contributed by atoms with Gasteiger partial charge >= 0.3 is 0 Å². The fourth-order valence-corrected chi connectivity index (χ4v) is 5.09. The second kappa shape index (κ2) is 11.8. The average Bonchev–Trinajstić information content (AvgIpc) is 3.46. The van der Waals surface area contributed by atoms with Gasteiger partial charge in [0.05, 0.1) is 5.75 Å². The van der Waals surface area contributed by atoms with Gasteiger partial charge in [0.2, 0.25) is 11.0 Å². The minimum atomic E-state index is -0.129. The standard InChI is InChI=1S/C21H25N5O2S3/c1-3-26(4-2)19(28)15-7-9-16(10-8-15)23-18(27)14-30-21-25-24-20(31-21)22-12-11-17-6-5-13-29-17/h5-10,13H,3-4,11-12,14H2,1-2H3,(H,22,24)(H,23,27). The largest absolute Gasteiger partial charge is 0.360 e. The van der Waals surface area contributed by atoms with E-state index in [1.807, 2.05) is 19.9 Å². The van der Waals surface area contributed by atoms with Crippen LogP contribution in [0.15, 0.2) is 46.1 Å². The van der Waals surface area contributed by atoms with Crippen LogP contribution in [0.5, 0.6) is 0 Å². The highest BCUT2D eigenvalue weighted by Crippen LogP contribution is 2.25. The highest BCUT2D eigenvalue weighted by molar-refractivity contribution is 8.01. The third kappa shape index (κ3) is 7.05. The second-order valence-electron chi connectivity index (χ2n) is 6.52. The SMILES string of the molecule is CCN(CC)C(=O)c1ccc(NC(=O)CSc2nnc(NCCc3cccs3)s2)cc1. The van der Waals surface area contributed by atoms with Crippen LogP contribution in [0.2, 0.25) is 0 Å². The van der Waals surface area contributed by atoms with Gasteiger partial charge in [-0.3, -0.25) is 9.59 Å². The normalized spacial score (nSPS) is 10.6. The summed E-state index contributed by atoms with van der Waals surface area (Å²) in [7, 11) is 0. The molecule has 0 spiro atoms. The molecule has 0 atom stereocenters. The third-order valence-electron chi connectivity index (χ3n) is 4.43. The van der Waals surface area contributed by atoms with Gasteiger partial charge in [0.15, 0.2) is 4.34 Å². The molecule has 2 N–H and O–H groups in total. The Hall–Kier alpha value is -2.43. The van der Waals surface area contributed by atoms with Crippen LogP contribution in [0.4, 0.5) is 10.8 Å². The summed E-state index contributed by atoms with van der Waals surface area (Å²) < 4.78 is 0.744. The van der Waals surface area contributed by atoms with Crippen LogP contribution in [0, 0.1) is 0 Å². The summed E-state index contributed by atoms with van der Waals surface area (Å²) in [5, 5.41) is 17.2. The molecule has 1 aromatic carbocycles. The van der Waals surface area contributed by atoms with Crippen molar-refractivity contribution in [3.05, 3.63) is 52.2 Å². The van der Waals surface area contributed by atoms with Crippen molar-refractivity contribution in [2.45, 2.75) is 24.6 Å². The molecule has 0 bridgehead atoms. The summed E-state index contributed by atoms with van der Waals surface area (Å²) in [6.07, 6.45) is 0.946. The van der Waals surface area contributed by atoms with Crippen molar-refractivity contribution in [1.29, 1.82) is 0 Å². The van der Waals surface area contributed by atoms with Gasteiger partial charge in [-0.15, -0.1) is 21.5 Å². The Kier molecular flexibility index (Phi) is 8.86. The van der Waals surface area contributed by atoms with Crippen LogP contribution < -0.4 is 10.6 Å². The van der Waals surface area contributed by atoms with Gasteiger partial charge in [-0.2, -0.15) is 0 Å². The fraction of sp³-hybridized carbons (Fsp3) is 0.333. The number of hydrogen-bond donors (Lipinski definition) is 2. The molecule has 0 aliphatic heterocycles. The first-order valence-electron chi connectivity index (χ1n) is 10.0. The average molecular weight is 476 g/mol. The zero-order valence-corrected chi connectivity index (χ0v) is 19.9. The fourth-order valence-electron chi connectivity index (χ4n) is 2.80. The second-order valence-corrected chi connectivity index (χ2v) is 9.75. The molecule has 0 aliphatic carbocycles. The Balaban J connectivity index is 1.42. The number of nitrogens with zero attached hydrogens (tertiary/aromatic N) is 3. The highest BCUT2D eigenvalue weighted by atomic mass is 32.2. The summed E-state index contributed by atoms with van der Waals surface area (Å²) in [6, 6.07) is 11.1. The lowest BCUT2D eigenvalue weighted by molar-refractivity contribution is -0.113. The number of carbonyl (C=O) groups excluding carboxylic acids is 2. The van der Waals surface area contributed by atoms with E-state index in [0.29, 0.717) is 24.3 Å². The van der Waals surface area contributed by atoms with E-state index in [1.165, 1.54) is 28.0 Å². The molecule has 31 heavy (non-hydrogen) atoms. The number of hydrogen-bond acceptors (Lipinski definition) is 8. The maximum atomic E-state index is 12.3. The lowest BCUT2D eigenvalue weighted by atomic mass is 10.2. The molecule has 3 rings (SSSR count). The number of carbonyl (C=O) groups is 2. The lowest BCUT2D eigenvalue weighted by Gasteiger charge is -2.18. The highest BCUT2D eigenvalue weighted by Gasteiger charge is 2.13. The van der Waals surface area contributed by atoms with Gasteiger partial charge < -0.3 is 15.5 Å². The van der Waals surface area contributed by atoms with Crippen LogP contribution in [-0.4, -0.2) is 52.3 Å². The van der Waals surface area contributed by atoms with Crippen molar-refractivity contribution in [2.24, 2.45) is 0 Å². The molecule has 2 heterocycles. The van der Waals surface area contributed by atoms with E-state index in [9.17, 15) is 9.59 Å². The predicted molar refractivity (Wildman–Crippen MR) is 129 cm³/mol. The maximum absolute atomic E-state index is 12.3. The molecule has 10 heteroatoms. The van der Waals surface area contributed by atoms with Gasteiger partial charge in [0, 0.05) is 35.8 Å². The van der Waals surface area contributed by atoms with Crippen LogP contribution in [0.3, 0.4) is 0 Å². The Bertz CT molecular complexity index is 969. The number of aromatic nitrogens is 2. The van der Waals surface area contributed by atoms with Crippen molar-refractivity contribution in [1.82, 2.24) is 15.1 Å². The minimum Gasteiger partial charge on any atom is -0.360 e. The maximum Gasteiger partial charge on any atom is 0.253 e. The molecule has 164 valence electrons. The molecular formula is C21H25N5O2S3. The van der Waals surface area contributed by atoms with Gasteiger partial charge in [-0.05, 0) is 56.0 Å². The smallest absolute Gasteiger partial charge is 0.253 e. The topological polar surface area (TPSA) is 87.2 Å². The summed E-state index contributed by atoms with van der Waals surface area (Å²) in [4.78, 5) is 27.7. The number of rotatable bonds is 11. The Labute approximate surface area is 194 Å². The summed E-state index contributed by atoms with van der Waals surface area (Å²) >= 11 is 4.53. The van der Waals surface area contributed by atoms with E-state index in [4.69, 9.17) is 0 Å². The van der Waals surface area contributed by atoms with Gasteiger partial charge in [0.1, 0.15) is 0 Å². The van der Waals surface area contributed by atoms with Crippen molar-refractivity contribution in [2.75, 3.05) is 36.0 Å². The molecule has 0 unspecified atom stereocenters. The molecule has 2 amide bonds. The number of thioether (sulfide) groups is 1. The first kappa shape index (κ1) is 23.2. The predicted octanol–water partition coefficient (Wildman–Crippen LogP) is 4.47. The molecule has 0 aliphatic rings. The zero-order valence-electron chi connectivity index (χ0n) is 17.5. The third-order valence-corrected chi connectivity index (χ3v) is 7.38. The molecule has 0 fully saturated rings. The first-order valence-corrected chi connectivity index (χ1v) is 12.7. The number of anilines is 2. The quantitative estimate of drug-likeness (QED) is 0.398. The van der Waals surface area contributed by atoms with Crippen LogP contribution in [0.25, 0.3) is 0 Å². The Morgan fingerprint density at radius 2 is 1.87 bits per heavy atom.